The van der Waals surface area contributed by atoms with Crippen LogP contribution in [0, 0.1) is 18.3 Å². The van der Waals surface area contributed by atoms with Crippen molar-refractivity contribution in [2.75, 3.05) is 26.3 Å². The lowest BCUT2D eigenvalue weighted by Gasteiger charge is -2.23. The normalized spacial score (nSPS) is 12.4. The highest BCUT2D eigenvalue weighted by atomic mass is 16.3. The minimum absolute atomic E-state index is 0.0913. The third-order valence-corrected chi connectivity index (χ3v) is 3.59. The van der Waals surface area contributed by atoms with Crippen LogP contribution in [-0.2, 0) is 13.1 Å². The van der Waals surface area contributed by atoms with Crippen molar-refractivity contribution in [3.63, 3.8) is 0 Å². The molecule has 0 aliphatic heterocycles. The number of nitrogens with zero attached hydrogens (tertiary/aromatic N) is 3. The van der Waals surface area contributed by atoms with Gasteiger partial charge in [-0.2, -0.15) is 5.26 Å². The SMILES string of the molecule is Cc1c(CN(CCO)CCO)c(O)n(CC(C)O)c(=O)c1C#N. The average molecular weight is 325 g/mol. The first-order valence-corrected chi connectivity index (χ1v) is 7.34. The Morgan fingerprint density at radius 1 is 1.30 bits per heavy atom. The molecule has 1 heterocycles. The van der Waals surface area contributed by atoms with Crippen molar-refractivity contribution >= 4 is 0 Å². The second-order valence-corrected chi connectivity index (χ2v) is 5.40. The smallest absolute Gasteiger partial charge is 0.271 e. The Labute approximate surface area is 134 Å². The van der Waals surface area contributed by atoms with Crippen LogP contribution in [0.5, 0.6) is 5.88 Å². The Hall–Kier alpha value is -1.92. The maximum Gasteiger partial charge on any atom is 0.271 e. The van der Waals surface area contributed by atoms with E-state index >= 15 is 0 Å². The first-order chi connectivity index (χ1) is 10.9. The Morgan fingerprint density at radius 2 is 1.87 bits per heavy atom. The molecule has 0 saturated heterocycles. The number of rotatable bonds is 8. The molecule has 0 aliphatic rings. The fourth-order valence-corrected chi connectivity index (χ4v) is 2.40. The molecule has 0 spiro atoms. The molecule has 0 amide bonds. The molecule has 1 unspecified atom stereocenters. The monoisotopic (exact) mass is 325 g/mol. The summed E-state index contributed by atoms with van der Waals surface area (Å²) < 4.78 is 0.974. The Kier molecular flexibility index (Phi) is 7.19. The largest absolute Gasteiger partial charge is 0.494 e. The summed E-state index contributed by atoms with van der Waals surface area (Å²) in [7, 11) is 0. The second-order valence-electron chi connectivity index (χ2n) is 5.40. The van der Waals surface area contributed by atoms with Crippen molar-refractivity contribution in [3.05, 3.63) is 27.0 Å². The van der Waals surface area contributed by atoms with Crippen LogP contribution in [0.1, 0.15) is 23.6 Å². The molecule has 0 saturated carbocycles. The molecule has 1 aromatic rings. The van der Waals surface area contributed by atoms with Crippen molar-refractivity contribution in [3.8, 4) is 11.9 Å². The molecular formula is C15H23N3O5. The van der Waals surface area contributed by atoms with Crippen LogP contribution < -0.4 is 5.56 Å². The van der Waals surface area contributed by atoms with Gasteiger partial charge in [0.2, 0.25) is 0 Å². The van der Waals surface area contributed by atoms with Crippen LogP contribution in [-0.4, -0.2) is 62.3 Å². The van der Waals surface area contributed by atoms with Gasteiger partial charge in [-0.05, 0) is 19.4 Å². The molecule has 1 atom stereocenters. The van der Waals surface area contributed by atoms with Crippen LogP contribution in [0.25, 0.3) is 0 Å². The van der Waals surface area contributed by atoms with Crippen LogP contribution >= 0.6 is 0 Å². The zero-order chi connectivity index (χ0) is 17.6. The van der Waals surface area contributed by atoms with Gasteiger partial charge < -0.3 is 20.4 Å². The summed E-state index contributed by atoms with van der Waals surface area (Å²) in [6.45, 7) is 3.36. The number of aromatic hydroxyl groups is 1. The third-order valence-electron chi connectivity index (χ3n) is 3.59. The van der Waals surface area contributed by atoms with Gasteiger partial charge in [-0.3, -0.25) is 14.3 Å². The highest BCUT2D eigenvalue weighted by Crippen LogP contribution is 2.23. The lowest BCUT2D eigenvalue weighted by atomic mass is 10.0. The zero-order valence-electron chi connectivity index (χ0n) is 13.4. The summed E-state index contributed by atoms with van der Waals surface area (Å²) >= 11 is 0. The van der Waals surface area contributed by atoms with E-state index in [-0.39, 0.29) is 50.8 Å². The van der Waals surface area contributed by atoms with Gasteiger partial charge in [0.25, 0.3) is 5.56 Å². The minimum atomic E-state index is -0.869. The van der Waals surface area contributed by atoms with Gasteiger partial charge in [-0.25, -0.2) is 0 Å². The van der Waals surface area contributed by atoms with E-state index in [1.165, 1.54) is 6.92 Å². The number of hydrogen-bond donors (Lipinski definition) is 4. The van der Waals surface area contributed by atoms with Gasteiger partial charge in [0.05, 0.1) is 25.9 Å². The number of hydrogen-bond acceptors (Lipinski definition) is 7. The van der Waals surface area contributed by atoms with Crippen molar-refractivity contribution in [2.45, 2.75) is 33.0 Å². The first-order valence-electron chi connectivity index (χ1n) is 7.34. The molecule has 0 fully saturated rings. The van der Waals surface area contributed by atoms with Crippen molar-refractivity contribution in [1.82, 2.24) is 9.47 Å². The highest BCUT2D eigenvalue weighted by molar-refractivity contribution is 5.45. The van der Waals surface area contributed by atoms with Crippen molar-refractivity contribution in [1.29, 1.82) is 5.26 Å². The lowest BCUT2D eigenvalue weighted by Crippen LogP contribution is -2.33. The van der Waals surface area contributed by atoms with Crippen LogP contribution in [0.4, 0.5) is 0 Å². The summed E-state index contributed by atoms with van der Waals surface area (Å²) in [5.74, 6) is -0.312. The van der Waals surface area contributed by atoms with Crippen LogP contribution in [0.15, 0.2) is 4.79 Å². The first kappa shape index (κ1) is 19.1. The van der Waals surface area contributed by atoms with E-state index < -0.39 is 11.7 Å². The third kappa shape index (κ3) is 4.53. The van der Waals surface area contributed by atoms with E-state index in [1.807, 2.05) is 6.07 Å². The zero-order valence-corrected chi connectivity index (χ0v) is 13.4. The summed E-state index contributed by atoms with van der Waals surface area (Å²) in [5, 5.41) is 47.3. The average Bonchev–Trinajstić information content (AvgIpc) is 2.49. The van der Waals surface area contributed by atoms with Gasteiger partial charge in [-0.15, -0.1) is 0 Å². The fraction of sp³-hybridized carbons (Fsp3) is 0.600. The molecule has 128 valence electrons. The van der Waals surface area contributed by atoms with E-state index in [4.69, 9.17) is 10.2 Å². The van der Waals surface area contributed by atoms with Gasteiger partial charge >= 0.3 is 0 Å². The fourth-order valence-electron chi connectivity index (χ4n) is 2.40. The summed E-state index contributed by atoms with van der Waals surface area (Å²) in [5.41, 5.74) is -0.0177. The maximum atomic E-state index is 12.2. The molecule has 8 heteroatoms. The molecule has 0 bridgehead atoms. The molecule has 0 aliphatic carbocycles. The minimum Gasteiger partial charge on any atom is -0.494 e. The maximum absolute atomic E-state index is 12.2. The van der Waals surface area contributed by atoms with Gasteiger partial charge in [0.15, 0.2) is 5.88 Å². The molecule has 1 aromatic heterocycles. The van der Waals surface area contributed by atoms with E-state index in [2.05, 4.69) is 0 Å². The van der Waals surface area contributed by atoms with E-state index in [1.54, 1.807) is 11.8 Å². The number of pyridine rings is 1. The van der Waals surface area contributed by atoms with Crippen LogP contribution in [0.3, 0.4) is 0 Å². The number of nitriles is 1. The Balaban J connectivity index is 3.40. The molecule has 1 rings (SSSR count). The topological polar surface area (TPSA) is 130 Å². The summed E-state index contributed by atoms with van der Waals surface area (Å²) in [6, 6.07) is 1.84. The molecule has 0 aromatic carbocycles. The molecule has 4 N–H and O–H groups in total. The van der Waals surface area contributed by atoms with E-state index in [0.717, 1.165) is 4.57 Å². The van der Waals surface area contributed by atoms with Crippen LogP contribution in [0.2, 0.25) is 0 Å². The molecule has 8 nitrogen and oxygen atoms in total. The molecule has 0 radical (unpaired) electrons. The number of aliphatic hydroxyl groups excluding tert-OH is 3. The lowest BCUT2D eigenvalue weighted by molar-refractivity contribution is 0.152. The Bertz CT molecular complexity index is 627. The van der Waals surface area contributed by atoms with Gasteiger partial charge in [0, 0.05) is 25.2 Å². The quantitative estimate of drug-likeness (QED) is 0.477. The summed E-state index contributed by atoms with van der Waals surface area (Å²) in [6.07, 6.45) is -0.869. The summed E-state index contributed by atoms with van der Waals surface area (Å²) in [4.78, 5) is 13.9. The predicted octanol–water partition coefficient (Wildman–Crippen LogP) is -1.10. The molecular weight excluding hydrogens is 302 g/mol. The Morgan fingerprint density at radius 3 is 2.30 bits per heavy atom. The van der Waals surface area contributed by atoms with E-state index in [9.17, 15) is 20.3 Å². The number of aliphatic hydroxyl groups is 3. The molecule has 23 heavy (non-hydrogen) atoms. The highest BCUT2D eigenvalue weighted by Gasteiger charge is 2.21. The second kappa shape index (κ2) is 8.64. The standard InChI is InChI=1S/C15H23N3O5/c1-10(21)8-18-14(22)12(7-16)11(2)13(15(18)23)9-17(3-5-19)4-6-20/h10,19-21,23H,3-6,8-9H2,1-2H3. The van der Waals surface area contributed by atoms with Crippen molar-refractivity contribution < 1.29 is 20.4 Å². The number of aromatic nitrogens is 1. The van der Waals surface area contributed by atoms with Gasteiger partial charge in [0.1, 0.15) is 11.6 Å². The van der Waals surface area contributed by atoms with Gasteiger partial charge in [-0.1, -0.05) is 0 Å². The van der Waals surface area contributed by atoms with E-state index in [0.29, 0.717) is 11.1 Å². The van der Waals surface area contributed by atoms with Crippen molar-refractivity contribution in [2.24, 2.45) is 0 Å². The predicted molar refractivity (Wildman–Crippen MR) is 82.9 cm³/mol.